The van der Waals surface area contributed by atoms with Gasteiger partial charge < -0.3 is 24.8 Å². The molecule has 1 unspecified atom stereocenters. The summed E-state index contributed by atoms with van der Waals surface area (Å²) in [5.41, 5.74) is -0.981. The molecule has 2 N–H and O–H groups in total. The second kappa shape index (κ2) is 8.37. The third-order valence-corrected chi connectivity index (χ3v) is 6.27. The molecule has 0 radical (unpaired) electrons. The highest BCUT2D eigenvalue weighted by atomic mass is 16.6. The summed E-state index contributed by atoms with van der Waals surface area (Å²) >= 11 is 0. The molecule has 3 saturated heterocycles. The molecule has 0 aromatic carbocycles. The Bertz CT molecular complexity index is 626. The van der Waals surface area contributed by atoms with E-state index in [1.54, 1.807) is 6.92 Å². The average molecular weight is 396 g/mol. The largest absolute Gasteiger partial charge is 0.466 e. The number of amides is 2. The van der Waals surface area contributed by atoms with Crippen molar-refractivity contribution in [3.05, 3.63) is 0 Å². The number of aliphatic hydroxyl groups excluding tert-OH is 1. The van der Waals surface area contributed by atoms with Crippen molar-refractivity contribution in [1.29, 1.82) is 0 Å². The molecular formula is C20H32N2O6. The molecular weight excluding hydrogens is 364 g/mol. The monoisotopic (exact) mass is 396 g/mol. The molecule has 0 saturated carbocycles. The number of nitrogens with one attached hydrogen (secondary N) is 1. The number of ether oxygens (including phenoxy) is 2. The summed E-state index contributed by atoms with van der Waals surface area (Å²) in [6.45, 7) is 6.15. The summed E-state index contributed by atoms with van der Waals surface area (Å²) < 4.78 is 11.4. The van der Waals surface area contributed by atoms with Crippen LogP contribution in [-0.2, 0) is 23.9 Å². The Labute approximate surface area is 165 Å². The van der Waals surface area contributed by atoms with Crippen molar-refractivity contribution in [2.24, 2.45) is 11.8 Å². The lowest BCUT2D eigenvalue weighted by atomic mass is 9.70. The van der Waals surface area contributed by atoms with Gasteiger partial charge in [0, 0.05) is 19.2 Å². The number of aliphatic hydroxyl groups is 1. The Hall–Kier alpha value is -1.67. The lowest BCUT2D eigenvalue weighted by molar-refractivity contribution is -0.154. The lowest BCUT2D eigenvalue weighted by Crippen LogP contribution is -2.56. The van der Waals surface area contributed by atoms with Crippen LogP contribution in [0.3, 0.4) is 0 Å². The third-order valence-electron chi connectivity index (χ3n) is 6.27. The molecule has 3 fully saturated rings. The molecule has 2 bridgehead atoms. The van der Waals surface area contributed by atoms with E-state index < -0.39 is 29.4 Å². The molecule has 3 rings (SSSR count). The maximum atomic E-state index is 13.3. The van der Waals surface area contributed by atoms with Gasteiger partial charge in [0.15, 0.2) is 0 Å². The summed E-state index contributed by atoms with van der Waals surface area (Å²) in [7, 11) is 0. The quantitative estimate of drug-likeness (QED) is 0.554. The number of hydrogen-bond donors (Lipinski definition) is 2. The second-order valence-corrected chi connectivity index (χ2v) is 8.12. The molecule has 6 atom stereocenters. The first kappa shape index (κ1) is 21.0. The van der Waals surface area contributed by atoms with E-state index in [0.29, 0.717) is 19.3 Å². The van der Waals surface area contributed by atoms with Crippen molar-refractivity contribution >= 4 is 17.8 Å². The highest BCUT2D eigenvalue weighted by Gasteiger charge is 2.74. The fraction of sp³-hybridized carbons (Fsp3) is 0.850. The predicted octanol–water partition coefficient (Wildman–Crippen LogP) is 0.611. The van der Waals surface area contributed by atoms with Gasteiger partial charge in [0.2, 0.25) is 11.8 Å². The number of likely N-dealkylation sites (tertiary alicyclic amines) is 1. The van der Waals surface area contributed by atoms with E-state index in [1.165, 1.54) is 4.90 Å². The van der Waals surface area contributed by atoms with Crippen LogP contribution in [0.5, 0.6) is 0 Å². The Morgan fingerprint density at radius 3 is 2.82 bits per heavy atom. The minimum atomic E-state index is -0.981. The van der Waals surface area contributed by atoms with Crippen molar-refractivity contribution in [2.75, 3.05) is 19.8 Å². The van der Waals surface area contributed by atoms with E-state index in [0.717, 1.165) is 12.8 Å². The van der Waals surface area contributed by atoms with E-state index in [9.17, 15) is 19.5 Å². The summed E-state index contributed by atoms with van der Waals surface area (Å²) in [5.74, 6) is -2.25. The fourth-order valence-corrected chi connectivity index (χ4v) is 5.27. The summed E-state index contributed by atoms with van der Waals surface area (Å²) in [6.07, 6.45) is 2.98. The summed E-state index contributed by atoms with van der Waals surface area (Å²) in [4.78, 5) is 40.6. The molecule has 3 aliphatic heterocycles. The van der Waals surface area contributed by atoms with Crippen molar-refractivity contribution < 1.29 is 29.0 Å². The fourth-order valence-electron chi connectivity index (χ4n) is 5.27. The smallest absolute Gasteiger partial charge is 0.312 e. The zero-order valence-corrected chi connectivity index (χ0v) is 17.0. The van der Waals surface area contributed by atoms with Crippen molar-refractivity contribution in [2.45, 2.75) is 76.7 Å². The Balaban J connectivity index is 1.92. The molecule has 3 heterocycles. The number of carbonyl (C=O) groups is 3. The molecule has 8 nitrogen and oxygen atoms in total. The van der Waals surface area contributed by atoms with Crippen LogP contribution >= 0.6 is 0 Å². The Kier molecular flexibility index (Phi) is 6.29. The first-order valence-corrected chi connectivity index (χ1v) is 10.5. The maximum absolute atomic E-state index is 13.3. The van der Waals surface area contributed by atoms with Crippen LogP contribution in [0.25, 0.3) is 0 Å². The molecule has 8 heteroatoms. The van der Waals surface area contributed by atoms with E-state index in [1.807, 2.05) is 6.92 Å². The first-order chi connectivity index (χ1) is 13.4. The molecule has 0 aromatic heterocycles. The van der Waals surface area contributed by atoms with Crippen LogP contribution in [0.4, 0.5) is 0 Å². The molecule has 2 amide bonds. The zero-order chi connectivity index (χ0) is 20.5. The third kappa shape index (κ3) is 3.30. The van der Waals surface area contributed by atoms with Gasteiger partial charge in [-0.25, -0.2) is 0 Å². The van der Waals surface area contributed by atoms with Crippen LogP contribution in [-0.4, -0.2) is 71.3 Å². The number of nitrogens with zero attached hydrogens (tertiary/aromatic N) is 1. The standard InChI is InChI=1S/C20H32N2O6/c1-4-7-12(3)21-17(24)16-20-9-8-13(28-20)14(19(26)27-5-2)15(20)18(25)22(16)10-6-11-23/h12-16,23H,4-11H2,1-3H3,(H,21,24)/t12?,13-,14+,15+,16-,20+/m1/s1. The molecule has 158 valence electrons. The molecule has 28 heavy (non-hydrogen) atoms. The van der Waals surface area contributed by atoms with Gasteiger partial charge in [-0.1, -0.05) is 13.3 Å². The molecule has 0 aliphatic carbocycles. The van der Waals surface area contributed by atoms with Crippen LogP contribution in [0.2, 0.25) is 0 Å². The molecule has 0 aromatic rings. The van der Waals surface area contributed by atoms with Crippen molar-refractivity contribution in [3.8, 4) is 0 Å². The minimum absolute atomic E-state index is 0.0119. The van der Waals surface area contributed by atoms with Gasteiger partial charge in [-0.15, -0.1) is 0 Å². The second-order valence-electron chi connectivity index (χ2n) is 8.12. The summed E-state index contributed by atoms with van der Waals surface area (Å²) in [5, 5.41) is 12.3. The lowest BCUT2D eigenvalue weighted by Gasteiger charge is -2.34. The number of hydrogen-bond acceptors (Lipinski definition) is 6. The number of rotatable bonds is 9. The molecule has 1 spiro atoms. The van der Waals surface area contributed by atoms with E-state index in [4.69, 9.17) is 9.47 Å². The Morgan fingerprint density at radius 1 is 1.43 bits per heavy atom. The maximum Gasteiger partial charge on any atom is 0.312 e. The summed E-state index contributed by atoms with van der Waals surface area (Å²) in [6, 6.07) is -0.789. The van der Waals surface area contributed by atoms with E-state index in [2.05, 4.69) is 12.2 Å². The van der Waals surface area contributed by atoms with Crippen LogP contribution < -0.4 is 5.32 Å². The normalized spacial score (nSPS) is 34.4. The number of esters is 1. The topological polar surface area (TPSA) is 105 Å². The molecule has 3 aliphatic rings. The van der Waals surface area contributed by atoms with Gasteiger partial charge in [0.25, 0.3) is 0 Å². The Morgan fingerprint density at radius 2 is 2.18 bits per heavy atom. The SMILES string of the molecule is CCCC(C)NC(=O)[C@H]1N(CCCO)C(=O)[C@@H]2[C@@H](C(=O)OCC)[C@H]3CC[C@]21O3. The highest BCUT2D eigenvalue weighted by molar-refractivity contribution is 5.98. The van der Waals surface area contributed by atoms with Crippen molar-refractivity contribution in [1.82, 2.24) is 10.2 Å². The van der Waals surface area contributed by atoms with Crippen LogP contribution in [0, 0.1) is 11.8 Å². The number of carbonyl (C=O) groups excluding carboxylic acids is 3. The highest BCUT2D eigenvalue weighted by Crippen LogP contribution is 2.58. The zero-order valence-electron chi connectivity index (χ0n) is 17.0. The van der Waals surface area contributed by atoms with Gasteiger partial charge in [0.05, 0.1) is 24.5 Å². The van der Waals surface area contributed by atoms with Crippen LogP contribution in [0.15, 0.2) is 0 Å². The predicted molar refractivity (Wildman–Crippen MR) is 100 cm³/mol. The van der Waals surface area contributed by atoms with Gasteiger partial charge >= 0.3 is 5.97 Å². The van der Waals surface area contributed by atoms with Gasteiger partial charge in [-0.3, -0.25) is 14.4 Å². The first-order valence-electron chi connectivity index (χ1n) is 10.5. The van der Waals surface area contributed by atoms with Gasteiger partial charge in [-0.05, 0) is 39.5 Å². The van der Waals surface area contributed by atoms with Gasteiger partial charge in [-0.2, -0.15) is 0 Å². The van der Waals surface area contributed by atoms with Gasteiger partial charge in [0.1, 0.15) is 11.6 Å². The van der Waals surface area contributed by atoms with E-state index in [-0.39, 0.29) is 43.7 Å². The number of fused-ring (bicyclic) bond motifs is 1. The van der Waals surface area contributed by atoms with Crippen LogP contribution in [0.1, 0.15) is 52.9 Å². The van der Waals surface area contributed by atoms with E-state index >= 15 is 0 Å². The average Bonchev–Trinajstić information content (AvgIpc) is 3.27. The van der Waals surface area contributed by atoms with Crippen molar-refractivity contribution in [3.63, 3.8) is 0 Å². The minimum Gasteiger partial charge on any atom is -0.466 e.